The van der Waals surface area contributed by atoms with Gasteiger partial charge in [-0.2, -0.15) is 0 Å². The van der Waals surface area contributed by atoms with Crippen molar-refractivity contribution in [2.75, 3.05) is 30.8 Å². The fourth-order valence-corrected chi connectivity index (χ4v) is 3.72. The summed E-state index contributed by atoms with van der Waals surface area (Å²) in [6.45, 7) is 3.56. The number of anilines is 2. The van der Waals surface area contributed by atoms with Crippen molar-refractivity contribution in [3.63, 3.8) is 0 Å². The minimum atomic E-state index is -0.572. The third-order valence-corrected chi connectivity index (χ3v) is 5.34. The molecule has 0 radical (unpaired) electrons. The summed E-state index contributed by atoms with van der Waals surface area (Å²) < 4.78 is 6.00. The van der Waals surface area contributed by atoms with Crippen LogP contribution in [-0.4, -0.2) is 38.0 Å². The Balaban J connectivity index is 2.17. The lowest BCUT2D eigenvalue weighted by atomic mass is 10.1. The topological polar surface area (TPSA) is 96.5 Å². The smallest absolute Gasteiger partial charge is 0.341 e. The van der Waals surface area contributed by atoms with Gasteiger partial charge in [-0.25, -0.2) is 4.79 Å². The van der Waals surface area contributed by atoms with Gasteiger partial charge in [0.2, 0.25) is 5.91 Å². The van der Waals surface area contributed by atoms with Crippen molar-refractivity contribution in [3.8, 4) is 0 Å². The number of amides is 2. The maximum atomic E-state index is 12.3. The average molecular weight is 454 g/mol. The summed E-state index contributed by atoms with van der Waals surface area (Å²) in [5, 5.41) is 8.52. The SMILES string of the molecule is CCOC(=O)c1c(NC(=O)CNc2ccc(Br)cc2)sc(C(=O)NC)c1C. The molecule has 0 aliphatic heterocycles. The van der Waals surface area contributed by atoms with Crippen molar-refractivity contribution in [2.24, 2.45) is 0 Å². The summed E-state index contributed by atoms with van der Waals surface area (Å²) in [7, 11) is 1.51. The van der Waals surface area contributed by atoms with Gasteiger partial charge >= 0.3 is 5.97 Å². The Morgan fingerprint density at radius 2 is 1.85 bits per heavy atom. The van der Waals surface area contributed by atoms with Gasteiger partial charge in [0.25, 0.3) is 5.91 Å². The van der Waals surface area contributed by atoms with Crippen molar-refractivity contribution in [2.45, 2.75) is 13.8 Å². The van der Waals surface area contributed by atoms with Crippen molar-refractivity contribution in [1.82, 2.24) is 5.32 Å². The molecule has 27 heavy (non-hydrogen) atoms. The number of carbonyl (C=O) groups is 3. The highest BCUT2D eigenvalue weighted by Gasteiger charge is 2.26. The number of hydrogen-bond donors (Lipinski definition) is 3. The summed E-state index contributed by atoms with van der Waals surface area (Å²) in [6.07, 6.45) is 0. The van der Waals surface area contributed by atoms with Gasteiger partial charge in [0.05, 0.1) is 23.6 Å². The van der Waals surface area contributed by atoms with Gasteiger partial charge in [0.1, 0.15) is 5.00 Å². The predicted octanol–water partition coefficient (Wildman–Crippen LogP) is 3.41. The molecule has 0 saturated carbocycles. The first-order valence-electron chi connectivity index (χ1n) is 8.19. The summed E-state index contributed by atoms with van der Waals surface area (Å²) in [5.41, 5.74) is 1.47. The number of esters is 1. The van der Waals surface area contributed by atoms with Gasteiger partial charge in [-0.05, 0) is 43.7 Å². The number of carbonyl (C=O) groups excluding carboxylic acids is 3. The van der Waals surface area contributed by atoms with Crippen LogP contribution in [0.4, 0.5) is 10.7 Å². The Hall–Kier alpha value is -2.39. The molecule has 0 atom stereocenters. The van der Waals surface area contributed by atoms with E-state index in [1.807, 2.05) is 24.3 Å². The Morgan fingerprint density at radius 1 is 1.19 bits per heavy atom. The third kappa shape index (κ3) is 5.30. The minimum Gasteiger partial charge on any atom is -0.462 e. The highest BCUT2D eigenvalue weighted by atomic mass is 79.9. The summed E-state index contributed by atoms with van der Waals surface area (Å²) in [5.74, 6) is -1.23. The van der Waals surface area contributed by atoms with E-state index in [-0.39, 0.29) is 30.5 Å². The van der Waals surface area contributed by atoms with Crippen LogP contribution < -0.4 is 16.0 Å². The van der Waals surface area contributed by atoms with E-state index in [2.05, 4.69) is 31.9 Å². The zero-order chi connectivity index (χ0) is 20.0. The van der Waals surface area contributed by atoms with E-state index in [0.29, 0.717) is 15.4 Å². The summed E-state index contributed by atoms with van der Waals surface area (Å²) in [6, 6.07) is 7.38. The number of benzene rings is 1. The van der Waals surface area contributed by atoms with E-state index < -0.39 is 5.97 Å². The summed E-state index contributed by atoms with van der Waals surface area (Å²) in [4.78, 5) is 37.0. The van der Waals surface area contributed by atoms with Crippen molar-refractivity contribution in [3.05, 3.63) is 44.7 Å². The van der Waals surface area contributed by atoms with Crippen LogP contribution in [0.1, 0.15) is 32.5 Å². The molecule has 0 aliphatic rings. The van der Waals surface area contributed by atoms with Crippen LogP contribution in [-0.2, 0) is 9.53 Å². The second kappa shape index (κ2) is 9.52. The zero-order valence-electron chi connectivity index (χ0n) is 15.1. The lowest BCUT2D eigenvalue weighted by molar-refractivity contribution is -0.114. The molecule has 0 bridgehead atoms. The van der Waals surface area contributed by atoms with Crippen LogP contribution in [0, 0.1) is 6.92 Å². The maximum Gasteiger partial charge on any atom is 0.341 e. The number of nitrogens with one attached hydrogen (secondary N) is 3. The summed E-state index contributed by atoms with van der Waals surface area (Å²) >= 11 is 4.39. The quantitative estimate of drug-likeness (QED) is 0.558. The minimum absolute atomic E-state index is 0.0101. The molecule has 0 spiro atoms. The molecule has 0 unspecified atom stereocenters. The van der Waals surface area contributed by atoms with Gasteiger partial charge in [-0.1, -0.05) is 15.9 Å². The van der Waals surface area contributed by atoms with Gasteiger partial charge < -0.3 is 20.7 Å². The highest BCUT2D eigenvalue weighted by molar-refractivity contribution is 9.10. The van der Waals surface area contributed by atoms with Crippen molar-refractivity contribution >= 4 is 55.7 Å². The van der Waals surface area contributed by atoms with Crippen LogP contribution >= 0.6 is 27.3 Å². The molecule has 2 rings (SSSR count). The number of ether oxygens (including phenoxy) is 1. The monoisotopic (exact) mass is 453 g/mol. The number of rotatable bonds is 7. The molecule has 2 amide bonds. The molecule has 1 aromatic carbocycles. The third-order valence-electron chi connectivity index (χ3n) is 3.61. The van der Waals surface area contributed by atoms with Gasteiger partial charge in [-0.3, -0.25) is 9.59 Å². The van der Waals surface area contributed by atoms with E-state index in [4.69, 9.17) is 4.74 Å². The van der Waals surface area contributed by atoms with Gasteiger partial charge in [-0.15, -0.1) is 11.3 Å². The first-order valence-corrected chi connectivity index (χ1v) is 9.80. The molecule has 144 valence electrons. The molecule has 2 aromatic rings. The first kappa shape index (κ1) is 20.9. The fraction of sp³-hybridized carbons (Fsp3) is 0.278. The Kier molecular flexibility index (Phi) is 7.37. The van der Waals surface area contributed by atoms with Crippen molar-refractivity contribution < 1.29 is 19.1 Å². The molecule has 3 N–H and O–H groups in total. The predicted molar refractivity (Wildman–Crippen MR) is 110 cm³/mol. The van der Waals surface area contributed by atoms with Crippen LogP contribution in [0.2, 0.25) is 0 Å². The normalized spacial score (nSPS) is 10.2. The van der Waals surface area contributed by atoms with Crippen molar-refractivity contribution in [1.29, 1.82) is 0 Å². The number of halogens is 1. The molecule has 1 aromatic heterocycles. The lowest BCUT2D eigenvalue weighted by Gasteiger charge is -2.09. The Labute approximate surface area is 169 Å². The Morgan fingerprint density at radius 3 is 2.44 bits per heavy atom. The second-order valence-corrected chi connectivity index (χ2v) is 7.40. The van der Waals surface area contributed by atoms with Crippen LogP contribution in [0.15, 0.2) is 28.7 Å². The zero-order valence-corrected chi connectivity index (χ0v) is 17.5. The molecule has 0 aliphatic carbocycles. The van der Waals surface area contributed by atoms with E-state index in [1.54, 1.807) is 13.8 Å². The molecule has 1 heterocycles. The van der Waals surface area contributed by atoms with E-state index in [9.17, 15) is 14.4 Å². The number of hydrogen-bond acceptors (Lipinski definition) is 6. The molecule has 0 saturated heterocycles. The maximum absolute atomic E-state index is 12.3. The van der Waals surface area contributed by atoms with Gasteiger partial charge in [0.15, 0.2) is 0 Å². The fourth-order valence-electron chi connectivity index (χ4n) is 2.30. The largest absolute Gasteiger partial charge is 0.462 e. The first-order chi connectivity index (χ1) is 12.9. The second-order valence-electron chi connectivity index (χ2n) is 5.47. The molecule has 9 heteroatoms. The molecule has 7 nitrogen and oxygen atoms in total. The van der Waals surface area contributed by atoms with E-state index in [0.717, 1.165) is 21.5 Å². The number of thiophene rings is 1. The molecular weight excluding hydrogens is 434 g/mol. The Bertz CT molecular complexity index is 849. The van der Waals surface area contributed by atoms with E-state index in [1.165, 1.54) is 7.05 Å². The van der Waals surface area contributed by atoms with Gasteiger partial charge in [0, 0.05) is 17.2 Å². The van der Waals surface area contributed by atoms with Crippen LogP contribution in [0.5, 0.6) is 0 Å². The molecular formula is C18H20BrN3O4S. The lowest BCUT2D eigenvalue weighted by Crippen LogP contribution is -2.22. The highest BCUT2D eigenvalue weighted by Crippen LogP contribution is 2.33. The van der Waals surface area contributed by atoms with E-state index >= 15 is 0 Å². The van der Waals surface area contributed by atoms with Crippen LogP contribution in [0.3, 0.4) is 0 Å². The average Bonchev–Trinajstić information content (AvgIpc) is 2.96. The molecule has 0 fully saturated rings. The van der Waals surface area contributed by atoms with Crippen LogP contribution in [0.25, 0.3) is 0 Å². The standard InChI is InChI=1S/C18H20BrN3O4S/c1-4-26-18(25)14-10(2)15(16(24)20-3)27-17(14)22-13(23)9-21-12-7-5-11(19)6-8-12/h5-8,21H,4,9H2,1-3H3,(H,20,24)(H,22,23).